The fourth-order valence-corrected chi connectivity index (χ4v) is 4.75. The molecule has 5 heteroatoms. The lowest BCUT2D eigenvalue weighted by Gasteiger charge is -2.16. The molecule has 5 nitrogen and oxygen atoms in total. The highest BCUT2D eigenvalue weighted by Gasteiger charge is 2.39. The fourth-order valence-electron chi connectivity index (χ4n) is 4.75. The van der Waals surface area contributed by atoms with Crippen LogP contribution >= 0.6 is 0 Å². The number of benzene rings is 1. The molecule has 1 aliphatic heterocycles. The molecule has 0 saturated heterocycles. The summed E-state index contributed by atoms with van der Waals surface area (Å²) in [6, 6.07) is 8.33. The number of rotatable bonds is 6. The molecule has 0 amide bonds. The number of carbonyl (C=O) groups is 1. The molecule has 1 fully saturated rings. The molecule has 0 spiro atoms. The van der Waals surface area contributed by atoms with Crippen LogP contribution in [0.2, 0.25) is 0 Å². The van der Waals surface area contributed by atoms with Crippen molar-refractivity contribution in [2.45, 2.75) is 65.8 Å². The molecular formula is C25H31NO4. The van der Waals surface area contributed by atoms with Gasteiger partial charge in [-0.2, -0.15) is 0 Å². The van der Waals surface area contributed by atoms with Crippen LogP contribution in [-0.4, -0.2) is 23.7 Å². The summed E-state index contributed by atoms with van der Waals surface area (Å²) in [6.45, 7) is 9.21. The van der Waals surface area contributed by atoms with Gasteiger partial charge in [0.1, 0.15) is 6.10 Å². The van der Waals surface area contributed by atoms with E-state index in [1.807, 2.05) is 20.0 Å². The Kier molecular flexibility index (Phi) is 6.21. The maximum atomic E-state index is 13.0. The van der Waals surface area contributed by atoms with Crippen molar-refractivity contribution in [2.24, 2.45) is 11.8 Å². The molecule has 1 saturated carbocycles. The minimum Gasteiger partial charge on any atom is -0.424 e. The number of hydrogen-bond donors (Lipinski definition) is 0. The van der Waals surface area contributed by atoms with E-state index in [0.29, 0.717) is 24.9 Å². The van der Waals surface area contributed by atoms with E-state index in [1.54, 1.807) is 0 Å². The lowest BCUT2D eigenvalue weighted by atomic mass is 9.99. The largest absolute Gasteiger partial charge is 0.424 e. The molecule has 1 aromatic heterocycles. The van der Waals surface area contributed by atoms with Crippen LogP contribution in [0.5, 0.6) is 5.75 Å². The summed E-state index contributed by atoms with van der Waals surface area (Å²) in [4.78, 5) is 17.5. The van der Waals surface area contributed by atoms with Gasteiger partial charge in [-0.3, -0.25) is 9.78 Å². The predicted octanol–water partition coefficient (Wildman–Crippen LogP) is 5.06. The first-order valence-electron chi connectivity index (χ1n) is 11.0. The van der Waals surface area contributed by atoms with Crippen LogP contribution < -0.4 is 4.74 Å². The first-order valence-corrected chi connectivity index (χ1v) is 11.0. The summed E-state index contributed by atoms with van der Waals surface area (Å²) < 4.78 is 17.9. The highest BCUT2D eigenvalue weighted by atomic mass is 16.5. The van der Waals surface area contributed by atoms with Gasteiger partial charge in [-0.05, 0) is 45.1 Å². The molecule has 160 valence electrons. The van der Waals surface area contributed by atoms with Crippen LogP contribution in [-0.2, 0) is 20.9 Å². The highest BCUT2D eigenvalue weighted by Crippen LogP contribution is 2.42. The second-order valence-corrected chi connectivity index (χ2v) is 8.46. The Balaban J connectivity index is 1.54. The lowest BCUT2D eigenvalue weighted by Crippen LogP contribution is -2.21. The van der Waals surface area contributed by atoms with Crippen molar-refractivity contribution in [1.82, 2.24) is 4.98 Å². The lowest BCUT2D eigenvalue weighted by molar-refractivity contribution is -0.139. The Morgan fingerprint density at radius 1 is 1.17 bits per heavy atom. The predicted molar refractivity (Wildman–Crippen MR) is 114 cm³/mol. The van der Waals surface area contributed by atoms with Gasteiger partial charge in [-0.15, -0.1) is 0 Å². The Morgan fingerprint density at radius 2 is 1.93 bits per heavy atom. The molecule has 4 rings (SSSR count). The molecule has 2 aromatic rings. The summed E-state index contributed by atoms with van der Waals surface area (Å²) in [5, 5.41) is 0. The van der Waals surface area contributed by atoms with Crippen molar-refractivity contribution in [2.75, 3.05) is 6.61 Å². The maximum absolute atomic E-state index is 13.0. The van der Waals surface area contributed by atoms with Crippen molar-refractivity contribution in [3.05, 3.63) is 58.4 Å². The molecule has 1 aliphatic carbocycles. The molecule has 4 atom stereocenters. The smallest absolute Gasteiger partial charge is 0.314 e. The second-order valence-electron chi connectivity index (χ2n) is 8.46. The van der Waals surface area contributed by atoms with Gasteiger partial charge in [0.2, 0.25) is 0 Å². The zero-order valence-electron chi connectivity index (χ0n) is 18.3. The molecule has 2 aliphatic rings. The molecule has 0 bridgehead atoms. The van der Waals surface area contributed by atoms with Crippen LogP contribution in [0.15, 0.2) is 30.5 Å². The Bertz CT molecular complexity index is 908. The normalized spacial score (nSPS) is 25.3. The van der Waals surface area contributed by atoms with Gasteiger partial charge < -0.3 is 14.2 Å². The van der Waals surface area contributed by atoms with E-state index >= 15 is 0 Å². The standard InChI is InChI=1S/C25H31NO4/c1-5-17-11-19(12-22(17)28-6-2)25(27)30-23-16(4)26-13-20-21(23)14-29-24(20)18-9-7-15(3)8-10-18/h7-10,13,17,19,22,24H,5-6,11-12,14H2,1-4H3. The molecule has 4 unspecified atom stereocenters. The third-order valence-electron chi connectivity index (χ3n) is 6.48. The zero-order chi connectivity index (χ0) is 21.3. The van der Waals surface area contributed by atoms with Crippen molar-refractivity contribution >= 4 is 5.97 Å². The number of pyridine rings is 1. The van der Waals surface area contributed by atoms with E-state index < -0.39 is 0 Å². The average molecular weight is 410 g/mol. The van der Waals surface area contributed by atoms with Crippen LogP contribution in [0, 0.1) is 25.7 Å². The summed E-state index contributed by atoms with van der Waals surface area (Å²) in [5.74, 6) is 0.683. The van der Waals surface area contributed by atoms with Crippen molar-refractivity contribution in [1.29, 1.82) is 0 Å². The van der Waals surface area contributed by atoms with Crippen molar-refractivity contribution in [3.8, 4) is 5.75 Å². The second kappa shape index (κ2) is 8.86. The molecular weight excluding hydrogens is 378 g/mol. The summed E-state index contributed by atoms with van der Waals surface area (Å²) in [6.07, 6.45) is 4.39. The number of ether oxygens (including phenoxy) is 3. The van der Waals surface area contributed by atoms with Crippen molar-refractivity contribution in [3.63, 3.8) is 0 Å². The van der Waals surface area contributed by atoms with E-state index in [0.717, 1.165) is 41.6 Å². The summed E-state index contributed by atoms with van der Waals surface area (Å²) in [5.41, 5.74) is 4.94. The minimum atomic E-state index is -0.176. The first-order chi connectivity index (χ1) is 14.5. The van der Waals surface area contributed by atoms with Gasteiger partial charge in [0.25, 0.3) is 0 Å². The number of hydrogen-bond acceptors (Lipinski definition) is 5. The highest BCUT2D eigenvalue weighted by molar-refractivity contribution is 5.76. The first kappa shape index (κ1) is 21.0. The number of carbonyl (C=O) groups excluding carboxylic acids is 1. The van der Waals surface area contributed by atoms with E-state index in [1.165, 1.54) is 5.56 Å². The van der Waals surface area contributed by atoms with Crippen LogP contribution in [0.3, 0.4) is 0 Å². The van der Waals surface area contributed by atoms with Crippen molar-refractivity contribution < 1.29 is 19.0 Å². The maximum Gasteiger partial charge on any atom is 0.314 e. The number of aromatic nitrogens is 1. The molecule has 1 aromatic carbocycles. The van der Waals surface area contributed by atoms with E-state index in [4.69, 9.17) is 14.2 Å². The van der Waals surface area contributed by atoms with Gasteiger partial charge in [0.15, 0.2) is 5.75 Å². The van der Waals surface area contributed by atoms with Crippen LogP contribution in [0.25, 0.3) is 0 Å². The quantitative estimate of drug-likeness (QED) is 0.624. The van der Waals surface area contributed by atoms with Gasteiger partial charge >= 0.3 is 5.97 Å². The zero-order valence-corrected chi connectivity index (χ0v) is 18.3. The average Bonchev–Trinajstić information content (AvgIpc) is 3.35. The van der Waals surface area contributed by atoms with Gasteiger partial charge in [-0.1, -0.05) is 43.2 Å². The number of esters is 1. The Hall–Kier alpha value is -2.24. The third-order valence-corrected chi connectivity index (χ3v) is 6.48. The fraction of sp³-hybridized carbons (Fsp3) is 0.520. The summed E-state index contributed by atoms with van der Waals surface area (Å²) >= 11 is 0. The molecule has 30 heavy (non-hydrogen) atoms. The molecule has 2 heterocycles. The number of nitrogens with zero attached hydrogens (tertiary/aromatic N) is 1. The van der Waals surface area contributed by atoms with Gasteiger partial charge in [0.05, 0.1) is 24.3 Å². The van der Waals surface area contributed by atoms with E-state index in [9.17, 15) is 4.79 Å². The van der Waals surface area contributed by atoms with Crippen LogP contribution in [0.1, 0.15) is 67.2 Å². The van der Waals surface area contributed by atoms with Crippen LogP contribution in [0.4, 0.5) is 0 Å². The van der Waals surface area contributed by atoms with Gasteiger partial charge in [0, 0.05) is 23.9 Å². The molecule has 0 N–H and O–H groups in total. The molecule has 0 radical (unpaired) electrons. The van der Waals surface area contributed by atoms with Gasteiger partial charge in [-0.25, -0.2) is 0 Å². The Labute approximate surface area is 178 Å². The SMILES string of the molecule is CCOC1CC(C(=O)Oc2c(C)ncc3c2COC3c2ccc(C)cc2)CC1CC. The topological polar surface area (TPSA) is 57.7 Å². The van der Waals surface area contributed by atoms with E-state index in [-0.39, 0.29) is 24.1 Å². The number of aryl methyl sites for hydroxylation is 2. The summed E-state index contributed by atoms with van der Waals surface area (Å²) in [7, 11) is 0. The Morgan fingerprint density at radius 3 is 2.63 bits per heavy atom. The minimum absolute atomic E-state index is 0.128. The monoisotopic (exact) mass is 409 g/mol. The number of fused-ring (bicyclic) bond motifs is 1. The third kappa shape index (κ3) is 4.01. The van der Waals surface area contributed by atoms with E-state index in [2.05, 4.69) is 43.1 Å².